The summed E-state index contributed by atoms with van der Waals surface area (Å²) in [6, 6.07) is 6.15. The van der Waals surface area contributed by atoms with Crippen molar-refractivity contribution in [1.82, 2.24) is 15.4 Å². The summed E-state index contributed by atoms with van der Waals surface area (Å²) >= 11 is 0. The lowest BCUT2D eigenvalue weighted by Gasteiger charge is -2.25. The molecule has 3 rings (SSSR count). The highest BCUT2D eigenvalue weighted by atomic mass is 19.1. The molecule has 1 fully saturated rings. The van der Waals surface area contributed by atoms with E-state index in [9.17, 15) is 18.8 Å². The fourth-order valence-electron chi connectivity index (χ4n) is 2.89. The molecule has 136 valence electrons. The number of amides is 4. The molecule has 0 aliphatic carbocycles. The van der Waals surface area contributed by atoms with Crippen molar-refractivity contribution in [2.75, 3.05) is 11.9 Å². The van der Waals surface area contributed by atoms with Crippen LogP contribution in [-0.2, 0) is 15.1 Å². The average molecular weight is 360 g/mol. The number of urea groups is 1. The van der Waals surface area contributed by atoms with Gasteiger partial charge in [0.05, 0.1) is 0 Å². The zero-order chi connectivity index (χ0) is 18.9. The predicted octanol–water partition coefficient (Wildman–Crippen LogP) is 1.92. The van der Waals surface area contributed by atoms with E-state index in [1.165, 1.54) is 30.3 Å². The standard InChI is InChI=1S/C17H17FN4O4/c1-3-17(11-4-6-12(18)7-5-11)15(24)22(16(25)20-17)9-14(23)19-13-8-10(2)26-21-13/h4-8H,3,9H2,1-2H3,(H,20,25)(H,19,21,23)/t17-/m0/s1. The Morgan fingerprint density at radius 2 is 2.04 bits per heavy atom. The largest absolute Gasteiger partial charge is 0.360 e. The molecule has 2 N–H and O–H groups in total. The van der Waals surface area contributed by atoms with Gasteiger partial charge in [-0.2, -0.15) is 0 Å². The van der Waals surface area contributed by atoms with Crippen LogP contribution in [0.3, 0.4) is 0 Å². The van der Waals surface area contributed by atoms with Crippen molar-refractivity contribution in [3.05, 3.63) is 47.5 Å². The quantitative estimate of drug-likeness (QED) is 0.793. The molecule has 1 atom stereocenters. The predicted molar refractivity (Wildman–Crippen MR) is 88.5 cm³/mol. The molecule has 4 amide bonds. The number of aryl methyl sites for hydroxylation is 1. The highest BCUT2D eigenvalue weighted by Crippen LogP contribution is 2.32. The molecule has 9 heteroatoms. The molecule has 0 saturated carbocycles. The zero-order valence-electron chi connectivity index (χ0n) is 14.2. The van der Waals surface area contributed by atoms with Crippen molar-refractivity contribution in [2.24, 2.45) is 0 Å². The van der Waals surface area contributed by atoms with Gasteiger partial charge in [-0.25, -0.2) is 9.18 Å². The van der Waals surface area contributed by atoms with Crippen LogP contribution in [0.15, 0.2) is 34.9 Å². The van der Waals surface area contributed by atoms with Gasteiger partial charge in [-0.15, -0.1) is 0 Å². The van der Waals surface area contributed by atoms with Crippen LogP contribution in [0.25, 0.3) is 0 Å². The highest BCUT2D eigenvalue weighted by molar-refractivity contribution is 6.10. The lowest BCUT2D eigenvalue weighted by molar-refractivity contribution is -0.134. The Morgan fingerprint density at radius 3 is 2.62 bits per heavy atom. The first-order chi connectivity index (χ1) is 12.4. The molecule has 0 unspecified atom stereocenters. The van der Waals surface area contributed by atoms with Crippen LogP contribution in [0.4, 0.5) is 15.0 Å². The third-order valence-electron chi connectivity index (χ3n) is 4.24. The fourth-order valence-corrected chi connectivity index (χ4v) is 2.89. The Morgan fingerprint density at radius 1 is 1.35 bits per heavy atom. The number of aromatic nitrogens is 1. The minimum atomic E-state index is -1.32. The Balaban J connectivity index is 1.79. The summed E-state index contributed by atoms with van der Waals surface area (Å²) in [5.41, 5.74) is -0.870. The van der Waals surface area contributed by atoms with Crippen molar-refractivity contribution in [3.8, 4) is 0 Å². The van der Waals surface area contributed by atoms with Crippen molar-refractivity contribution >= 4 is 23.7 Å². The molecule has 0 radical (unpaired) electrons. The van der Waals surface area contributed by atoms with E-state index in [1.54, 1.807) is 13.8 Å². The number of benzene rings is 1. The lowest BCUT2D eigenvalue weighted by atomic mass is 9.87. The third-order valence-corrected chi connectivity index (χ3v) is 4.24. The van der Waals surface area contributed by atoms with Crippen molar-refractivity contribution in [1.29, 1.82) is 0 Å². The molecule has 0 spiro atoms. The number of carbonyl (C=O) groups excluding carboxylic acids is 3. The number of hydrogen-bond acceptors (Lipinski definition) is 5. The van der Waals surface area contributed by atoms with E-state index in [4.69, 9.17) is 4.52 Å². The first-order valence-corrected chi connectivity index (χ1v) is 7.99. The van der Waals surface area contributed by atoms with E-state index in [1.807, 2.05) is 0 Å². The maximum Gasteiger partial charge on any atom is 0.325 e. The van der Waals surface area contributed by atoms with E-state index in [-0.39, 0.29) is 12.2 Å². The minimum Gasteiger partial charge on any atom is -0.360 e. The molecule has 1 aliphatic rings. The molecule has 26 heavy (non-hydrogen) atoms. The molecule has 2 aromatic rings. The molecular weight excluding hydrogens is 343 g/mol. The SMILES string of the molecule is CC[C@@]1(c2ccc(F)cc2)NC(=O)N(CC(=O)Nc2cc(C)on2)C1=O. The van der Waals surface area contributed by atoms with Gasteiger partial charge in [-0.05, 0) is 31.0 Å². The maximum atomic E-state index is 13.2. The zero-order valence-corrected chi connectivity index (χ0v) is 14.2. The Kier molecular flexibility index (Phi) is 4.45. The second-order valence-electron chi connectivity index (χ2n) is 5.96. The van der Waals surface area contributed by atoms with E-state index >= 15 is 0 Å². The molecule has 8 nitrogen and oxygen atoms in total. The number of imide groups is 1. The first kappa shape index (κ1) is 17.6. The molecule has 1 aliphatic heterocycles. The highest BCUT2D eigenvalue weighted by Gasteiger charge is 2.51. The number of nitrogens with zero attached hydrogens (tertiary/aromatic N) is 2. The van der Waals surface area contributed by atoms with Crippen LogP contribution in [0.2, 0.25) is 0 Å². The number of anilines is 1. The van der Waals surface area contributed by atoms with E-state index in [0.29, 0.717) is 11.3 Å². The first-order valence-electron chi connectivity index (χ1n) is 7.99. The summed E-state index contributed by atoms with van der Waals surface area (Å²) in [5.74, 6) is -0.900. The van der Waals surface area contributed by atoms with E-state index in [0.717, 1.165) is 4.90 Å². The van der Waals surface area contributed by atoms with Gasteiger partial charge in [0.1, 0.15) is 23.7 Å². The van der Waals surface area contributed by atoms with Crippen molar-refractivity contribution in [2.45, 2.75) is 25.8 Å². The fraction of sp³-hybridized carbons (Fsp3) is 0.294. The summed E-state index contributed by atoms with van der Waals surface area (Å²) in [7, 11) is 0. The van der Waals surface area contributed by atoms with Crippen LogP contribution < -0.4 is 10.6 Å². The van der Waals surface area contributed by atoms with Gasteiger partial charge in [0.25, 0.3) is 5.91 Å². The Labute approximate surface area is 148 Å². The summed E-state index contributed by atoms with van der Waals surface area (Å²) in [6.07, 6.45) is 0.254. The molecular formula is C17H17FN4O4. The van der Waals surface area contributed by atoms with Gasteiger partial charge in [0, 0.05) is 6.07 Å². The average Bonchev–Trinajstić information content (AvgIpc) is 3.11. The maximum absolute atomic E-state index is 13.2. The number of hydrogen-bond donors (Lipinski definition) is 2. The molecule has 1 aromatic carbocycles. The Bertz CT molecular complexity index is 864. The lowest BCUT2D eigenvalue weighted by Crippen LogP contribution is -2.44. The molecule has 0 bridgehead atoms. The number of carbonyl (C=O) groups is 3. The van der Waals surface area contributed by atoms with E-state index in [2.05, 4.69) is 15.8 Å². The van der Waals surface area contributed by atoms with Gasteiger partial charge in [0.2, 0.25) is 5.91 Å². The topological polar surface area (TPSA) is 105 Å². The van der Waals surface area contributed by atoms with Gasteiger partial charge in [-0.1, -0.05) is 24.2 Å². The van der Waals surface area contributed by atoms with Gasteiger partial charge >= 0.3 is 6.03 Å². The number of rotatable bonds is 5. The van der Waals surface area contributed by atoms with Gasteiger partial charge < -0.3 is 15.2 Å². The third kappa shape index (κ3) is 3.03. The minimum absolute atomic E-state index is 0.194. The summed E-state index contributed by atoms with van der Waals surface area (Å²) < 4.78 is 18.0. The molecule has 1 saturated heterocycles. The van der Waals surface area contributed by atoms with Gasteiger partial charge in [0.15, 0.2) is 5.82 Å². The Hall–Kier alpha value is -3.23. The normalized spacial score (nSPS) is 19.6. The van der Waals surface area contributed by atoms with Crippen LogP contribution in [0, 0.1) is 12.7 Å². The summed E-state index contributed by atoms with van der Waals surface area (Å²) in [4.78, 5) is 38.1. The van der Waals surface area contributed by atoms with Crippen molar-refractivity contribution < 1.29 is 23.3 Å². The number of halogens is 1. The smallest absolute Gasteiger partial charge is 0.325 e. The molecule has 1 aromatic heterocycles. The van der Waals surface area contributed by atoms with Crippen LogP contribution in [0.1, 0.15) is 24.7 Å². The van der Waals surface area contributed by atoms with Crippen molar-refractivity contribution in [3.63, 3.8) is 0 Å². The van der Waals surface area contributed by atoms with Gasteiger partial charge in [-0.3, -0.25) is 14.5 Å². The van der Waals surface area contributed by atoms with Crippen LogP contribution >= 0.6 is 0 Å². The second kappa shape index (κ2) is 6.58. The number of nitrogens with one attached hydrogen (secondary N) is 2. The summed E-state index contributed by atoms with van der Waals surface area (Å²) in [5, 5.41) is 8.71. The van der Waals surface area contributed by atoms with Crippen LogP contribution in [0.5, 0.6) is 0 Å². The van der Waals surface area contributed by atoms with E-state index < -0.39 is 35.7 Å². The monoisotopic (exact) mass is 360 g/mol. The summed E-state index contributed by atoms with van der Waals surface area (Å²) in [6.45, 7) is 2.92. The molecule has 2 heterocycles. The van der Waals surface area contributed by atoms with Crippen LogP contribution in [-0.4, -0.2) is 34.4 Å². The second-order valence-corrected chi connectivity index (χ2v) is 5.96.